The molecule has 34 heavy (non-hydrogen) atoms. The predicted molar refractivity (Wildman–Crippen MR) is 94.3 cm³/mol. The van der Waals surface area contributed by atoms with Crippen molar-refractivity contribution in [1.29, 1.82) is 0 Å². The number of benzene rings is 3. The second kappa shape index (κ2) is 8.85. The summed E-state index contributed by atoms with van der Waals surface area (Å²) in [5.74, 6) is -14.6. The van der Waals surface area contributed by atoms with E-state index >= 15 is 0 Å². The average Bonchev–Trinajstić information content (AvgIpc) is 2.62. The first kappa shape index (κ1) is 25.4. The van der Waals surface area contributed by atoms with E-state index in [4.69, 9.17) is 11.6 Å². The maximum atomic E-state index is 14.4. The van der Waals surface area contributed by atoms with Gasteiger partial charge in [-0.1, -0.05) is 11.6 Å². The van der Waals surface area contributed by atoms with Crippen LogP contribution in [0.1, 0.15) is 5.56 Å². The number of rotatable bonds is 5. The molecule has 0 saturated carbocycles. The lowest BCUT2D eigenvalue weighted by Crippen LogP contribution is -2.25. The fraction of sp³-hybridized carbons (Fsp3) is 0.100. The van der Waals surface area contributed by atoms with Gasteiger partial charge in [0.2, 0.25) is 5.75 Å². The summed E-state index contributed by atoms with van der Waals surface area (Å²) >= 11 is 5.44. The third-order valence-corrected chi connectivity index (χ3v) is 4.28. The van der Waals surface area contributed by atoms with Crippen LogP contribution >= 0.6 is 11.6 Å². The zero-order valence-corrected chi connectivity index (χ0v) is 16.6. The van der Waals surface area contributed by atoms with Crippen LogP contribution in [0.5, 0.6) is 11.5 Å². The molecule has 0 N–H and O–H groups in total. The van der Waals surface area contributed by atoms with E-state index in [0.29, 0.717) is 12.1 Å². The molecule has 0 spiro atoms. The molecule has 0 bridgehead atoms. The average molecular weight is 523 g/mol. The van der Waals surface area contributed by atoms with Crippen molar-refractivity contribution in [3.8, 4) is 22.6 Å². The van der Waals surface area contributed by atoms with Gasteiger partial charge in [0.25, 0.3) is 0 Å². The van der Waals surface area contributed by atoms with Crippen molar-refractivity contribution >= 4 is 11.6 Å². The first-order chi connectivity index (χ1) is 15.6. The highest BCUT2D eigenvalue weighted by atomic mass is 35.5. The molecule has 0 radical (unpaired) electrons. The van der Waals surface area contributed by atoms with Crippen molar-refractivity contribution in [3.63, 3.8) is 0 Å². The summed E-state index contributed by atoms with van der Waals surface area (Å²) in [4.78, 5) is 0. The Bertz CT molecular complexity index is 1190. The molecule has 0 fully saturated rings. The van der Waals surface area contributed by atoms with Crippen LogP contribution in [0.3, 0.4) is 0 Å². The molecular formula is C20H6ClF11O2. The fourth-order valence-corrected chi connectivity index (χ4v) is 3.01. The SMILES string of the molecule is Fc1cc(OC(F)(F)c2c(F)cc(-c3c(F)cc(Cl)cc3F)cc2F)cc(F)c1OC(F)(F)F. The number of hydrogen-bond acceptors (Lipinski definition) is 2. The molecule has 2 nitrogen and oxygen atoms in total. The topological polar surface area (TPSA) is 18.5 Å². The van der Waals surface area contributed by atoms with E-state index in [1.165, 1.54) is 0 Å². The molecule has 0 amide bonds. The highest BCUT2D eigenvalue weighted by Crippen LogP contribution is 2.40. The van der Waals surface area contributed by atoms with Gasteiger partial charge in [0.15, 0.2) is 11.6 Å². The molecule has 0 aliphatic rings. The van der Waals surface area contributed by atoms with Crippen LogP contribution < -0.4 is 9.47 Å². The number of ether oxygens (including phenoxy) is 2. The van der Waals surface area contributed by atoms with Gasteiger partial charge in [-0.05, 0) is 29.8 Å². The van der Waals surface area contributed by atoms with Gasteiger partial charge in [0.05, 0.1) is 5.56 Å². The Labute approximate surface area is 187 Å². The molecule has 0 atom stereocenters. The van der Waals surface area contributed by atoms with Gasteiger partial charge >= 0.3 is 12.5 Å². The number of hydrogen-bond donors (Lipinski definition) is 0. The van der Waals surface area contributed by atoms with E-state index in [2.05, 4.69) is 9.47 Å². The maximum absolute atomic E-state index is 14.4. The highest BCUT2D eigenvalue weighted by molar-refractivity contribution is 6.30. The summed E-state index contributed by atoms with van der Waals surface area (Å²) in [7, 11) is 0. The van der Waals surface area contributed by atoms with Gasteiger partial charge in [-0.25, -0.2) is 26.3 Å². The van der Waals surface area contributed by atoms with Crippen LogP contribution in [-0.4, -0.2) is 6.36 Å². The van der Waals surface area contributed by atoms with E-state index in [-0.39, 0.29) is 24.3 Å². The van der Waals surface area contributed by atoms with Crippen LogP contribution in [-0.2, 0) is 6.11 Å². The van der Waals surface area contributed by atoms with Crippen molar-refractivity contribution in [2.75, 3.05) is 0 Å². The Morgan fingerprint density at radius 2 is 1.06 bits per heavy atom. The largest absolute Gasteiger partial charge is 0.573 e. The van der Waals surface area contributed by atoms with Gasteiger partial charge in [-0.2, -0.15) is 8.78 Å². The molecule has 0 saturated heterocycles. The van der Waals surface area contributed by atoms with E-state index in [1.807, 2.05) is 0 Å². The maximum Gasteiger partial charge on any atom is 0.573 e. The summed E-state index contributed by atoms with van der Waals surface area (Å²) in [5.41, 5.74) is -3.96. The summed E-state index contributed by atoms with van der Waals surface area (Å²) in [6.07, 6.45) is -10.5. The van der Waals surface area contributed by atoms with Gasteiger partial charge in [-0.3, -0.25) is 0 Å². The molecule has 0 aliphatic heterocycles. The Morgan fingerprint density at radius 1 is 0.588 bits per heavy atom. The van der Waals surface area contributed by atoms with Crippen molar-refractivity contribution < 1.29 is 57.8 Å². The van der Waals surface area contributed by atoms with Crippen LogP contribution in [0, 0.1) is 34.9 Å². The lowest BCUT2D eigenvalue weighted by atomic mass is 10.0. The van der Waals surface area contributed by atoms with E-state index in [1.54, 1.807) is 0 Å². The van der Waals surface area contributed by atoms with Crippen molar-refractivity contribution in [2.24, 2.45) is 0 Å². The Balaban J connectivity index is 1.99. The fourth-order valence-electron chi connectivity index (χ4n) is 2.82. The zero-order chi connectivity index (χ0) is 25.6. The van der Waals surface area contributed by atoms with Crippen molar-refractivity contribution in [1.82, 2.24) is 0 Å². The van der Waals surface area contributed by atoms with Gasteiger partial charge < -0.3 is 9.47 Å². The Kier molecular flexibility index (Phi) is 6.62. The molecule has 0 aliphatic carbocycles. The van der Waals surface area contributed by atoms with E-state index < -0.39 is 80.6 Å². The molecule has 3 aromatic rings. The van der Waals surface area contributed by atoms with Crippen LogP contribution in [0.4, 0.5) is 48.3 Å². The molecular weight excluding hydrogens is 517 g/mol. The lowest BCUT2D eigenvalue weighted by Gasteiger charge is -2.21. The second-order valence-corrected chi connectivity index (χ2v) is 6.88. The summed E-state index contributed by atoms with van der Waals surface area (Å²) in [6, 6.07) is 1.15. The highest BCUT2D eigenvalue weighted by Gasteiger charge is 2.42. The first-order valence-electron chi connectivity index (χ1n) is 8.55. The molecule has 3 aromatic carbocycles. The molecule has 182 valence electrons. The molecule has 0 heterocycles. The monoisotopic (exact) mass is 522 g/mol. The smallest absolute Gasteiger partial charge is 0.429 e. The Hall–Kier alpha value is -3.22. The first-order valence-corrected chi connectivity index (χ1v) is 8.93. The van der Waals surface area contributed by atoms with E-state index in [0.717, 1.165) is 0 Å². The van der Waals surface area contributed by atoms with Crippen molar-refractivity contribution in [3.05, 3.63) is 81.9 Å². The normalized spacial score (nSPS) is 12.1. The third-order valence-electron chi connectivity index (χ3n) is 4.06. The number of alkyl halides is 5. The van der Waals surface area contributed by atoms with Crippen LogP contribution in [0.25, 0.3) is 11.1 Å². The van der Waals surface area contributed by atoms with Gasteiger partial charge in [0.1, 0.15) is 34.6 Å². The van der Waals surface area contributed by atoms with E-state index in [9.17, 15) is 48.3 Å². The molecule has 0 unspecified atom stereocenters. The summed E-state index contributed by atoms with van der Waals surface area (Å²) in [5, 5.41) is -0.401. The molecule has 3 rings (SSSR count). The second-order valence-electron chi connectivity index (χ2n) is 6.44. The third kappa shape index (κ3) is 5.29. The lowest BCUT2D eigenvalue weighted by molar-refractivity contribution is -0.276. The minimum atomic E-state index is -5.52. The predicted octanol–water partition coefficient (Wildman–Crippen LogP) is 7.87. The summed E-state index contributed by atoms with van der Waals surface area (Å²) < 4.78 is 156. The van der Waals surface area contributed by atoms with Gasteiger partial charge in [0, 0.05) is 17.2 Å². The van der Waals surface area contributed by atoms with Crippen molar-refractivity contribution in [2.45, 2.75) is 12.5 Å². The summed E-state index contributed by atoms with van der Waals surface area (Å²) in [6.45, 7) is 0. The standard InChI is InChI=1S/C20H6ClF11O2/c21-8-3-10(22)16(11(23)4-8)7-1-12(24)17(13(25)2-7)19(28,29)33-9-5-14(26)18(15(27)6-9)34-20(30,31)32/h1-6H. The van der Waals surface area contributed by atoms with Crippen LogP contribution in [0.2, 0.25) is 5.02 Å². The minimum absolute atomic E-state index is 0.131. The Morgan fingerprint density at radius 3 is 1.50 bits per heavy atom. The quantitative estimate of drug-likeness (QED) is 0.318. The molecule has 0 aromatic heterocycles. The van der Waals surface area contributed by atoms with Crippen LogP contribution in [0.15, 0.2) is 36.4 Å². The van der Waals surface area contributed by atoms with Gasteiger partial charge in [-0.15, -0.1) is 13.2 Å². The minimum Gasteiger partial charge on any atom is -0.429 e. The molecule has 14 heteroatoms. The zero-order valence-electron chi connectivity index (χ0n) is 15.8. The number of halogens is 12.